The zero-order valence-corrected chi connectivity index (χ0v) is 19.0. The van der Waals surface area contributed by atoms with E-state index in [2.05, 4.69) is 10.9 Å². The normalized spacial score (nSPS) is 11.8. The third-order valence-corrected chi connectivity index (χ3v) is 7.35. The first-order valence-corrected chi connectivity index (χ1v) is 11.9. The van der Waals surface area contributed by atoms with Crippen molar-refractivity contribution in [2.45, 2.75) is 17.9 Å². The number of amides is 1. The number of hydrogen-bond donors (Lipinski definition) is 0. The van der Waals surface area contributed by atoms with E-state index in [1.165, 1.54) is 37.7 Å². The molecule has 32 heavy (non-hydrogen) atoms. The number of aromatic nitrogens is 1. The van der Waals surface area contributed by atoms with E-state index in [0.29, 0.717) is 26.3 Å². The molecular weight excluding hydrogens is 452 g/mol. The van der Waals surface area contributed by atoms with Gasteiger partial charge in [0.2, 0.25) is 5.91 Å². The second-order valence-electron chi connectivity index (χ2n) is 6.60. The van der Waals surface area contributed by atoms with E-state index < -0.39 is 21.7 Å². The SMILES string of the molecule is C#CCn1c(=NC(=O)CCS(=O)(=O)c2ccc(OC)cc2)sc2cc(C(=O)OC)ccc21. The van der Waals surface area contributed by atoms with Crippen LogP contribution < -0.4 is 9.54 Å². The molecule has 0 radical (unpaired) electrons. The van der Waals surface area contributed by atoms with Crippen LogP contribution in [-0.4, -0.2) is 44.8 Å². The van der Waals surface area contributed by atoms with Crippen LogP contribution in [0.3, 0.4) is 0 Å². The summed E-state index contributed by atoms with van der Waals surface area (Å²) in [6, 6.07) is 10.9. The summed E-state index contributed by atoms with van der Waals surface area (Å²) in [5.74, 6) is 1.59. The average Bonchev–Trinajstić information content (AvgIpc) is 3.13. The molecule has 0 bridgehead atoms. The molecule has 0 fully saturated rings. The van der Waals surface area contributed by atoms with Gasteiger partial charge in [-0.15, -0.1) is 6.42 Å². The molecule has 1 aromatic heterocycles. The number of methoxy groups -OCH3 is 2. The molecule has 0 unspecified atom stereocenters. The van der Waals surface area contributed by atoms with Gasteiger partial charge in [-0.25, -0.2) is 13.2 Å². The highest BCUT2D eigenvalue weighted by Gasteiger charge is 2.17. The smallest absolute Gasteiger partial charge is 0.337 e. The second kappa shape index (κ2) is 9.80. The van der Waals surface area contributed by atoms with Gasteiger partial charge in [-0.05, 0) is 42.5 Å². The van der Waals surface area contributed by atoms with Gasteiger partial charge in [0.25, 0.3) is 0 Å². The summed E-state index contributed by atoms with van der Waals surface area (Å²) in [4.78, 5) is 28.8. The van der Waals surface area contributed by atoms with E-state index in [-0.39, 0.29) is 23.6 Å². The summed E-state index contributed by atoms with van der Waals surface area (Å²) in [5, 5.41) is 0. The average molecular weight is 473 g/mol. The number of sulfone groups is 1. The van der Waals surface area contributed by atoms with Crippen LogP contribution in [0.4, 0.5) is 0 Å². The number of rotatable bonds is 7. The zero-order chi connectivity index (χ0) is 23.3. The maximum atomic E-state index is 12.5. The van der Waals surface area contributed by atoms with E-state index >= 15 is 0 Å². The van der Waals surface area contributed by atoms with Crippen molar-refractivity contribution in [3.05, 3.63) is 52.8 Å². The zero-order valence-electron chi connectivity index (χ0n) is 17.4. The van der Waals surface area contributed by atoms with Gasteiger partial charge in [-0.2, -0.15) is 4.99 Å². The van der Waals surface area contributed by atoms with Crippen molar-refractivity contribution in [1.29, 1.82) is 0 Å². The third-order valence-electron chi connectivity index (χ3n) is 4.58. The Morgan fingerprint density at radius 3 is 2.50 bits per heavy atom. The van der Waals surface area contributed by atoms with Gasteiger partial charge in [-0.1, -0.05) is 17.3 Å². The number of fused-ring (bicyclic) bond motifs is 1. The van der Waals surface area contributed by atoms with Gasteiger partial charge in [0, 0.05) is 6.42 Å². The van der Waals surface area contributed by atoms with Crippen molar-refractivity contribution >= 4 is 43.3 Å². The Kier molecular flexibility index (Phi) is 7.12. The van der Waals surface area contributed by atoms with Gasteiger partial charge in [0.1, 0.15) is 5.75 Å². The predicted octanol–water partition coefficient (Wildman–Crippen LogP) is 2.42. The van der Waals surface area contributed by atoms with Crippen LogP contribution in [0, 0.1) is 12.3 Å². The Balaban J connectivity index is 1.86. The van der Waals surface area contributed by atoms with Gasteiger partial charge < -0.3 is 14.0 Å². The number of thiazole rings is 1. The number of terminal acetylenes is 1. The molecule has 1 amide bonds. The van der Waals surface area contributed by atoms with Crippen molar-refractivity contribution in [2.75, 3.05) is 20.0 Å². The Labute approximate surface area is 189 Å². The number of hydrogen-bond acceptors (Lipinski definition) is 7. The second-order valence-corrected chi connectivity index (χ2v) is 9.72. The number of nitrogens with zero attached hydrogens (tertiary/aromatic N) is 2. The van der Waals surface area contributed by atoms with E-state index in [4.69, 9.17) is 15.9 Å². The van der Waals surface area contributed by atoms with Crippen molar-refractivity contribution in [2.24, 2.45) is 4.99 Å². The molecule has 2 aromatic carbocycles. The number of carbonyl (C=O) groups excluding carboxylic acids is 2. The number of benzene rings is 2. The lowest BCUT2D eigenvalue weighted by Crippen LogP contribution is -2.18. The summed E-state index contributed by atoms with van der Waals surface area (Å²) in [6.07, 6.45) is 5.17. The maximum Gasteiger partial charge on any atom is 0.337 e. The lowest BCUT2D eigenvalue weighted by molar-refractivity contribution is -0.117. The summed E-state index contributed by atoms with van der Waals surface area (Å²) in [7, 11) is -0.882. The highest BCUT2D eigenvalue weighted by molar-refractivity contribution is 7.91. The number of carbonyl (C=O) groups is 2. The molecule has 0 N–H and O–H groups in total. The molecule has 0 atom stereocenters. The minimum Gasteiger partial charge on any atom is -0.497 e. The number of esters is 1. The van der Waals surface area contributed by atoms with E-state index in [9.17, 15) is 18.0 Å². The van der Waals surface area contributed by atoms with Crippen LogP contribution in [0.15, 0.2) is 52.4 Å². The molecule has 3 aromatic rings. The van der Waals surface area contributed by atoms with Gasteiger partial charge in [-0.3, -0.25) is 4.79 Å². The van der Waals surface area contributed by atoms with Crippen LogP contribution in [0.25, 0.3) is 10.2 Å². The monoisotopic (exact) mass is 472 g/mol. The molecule has 0 saturated heterocycles. The van der Waals surface area contributed by atoms with Crippen molar-refractivity contribution in [3.63, 3.8) is 0 Å². The first kappa shape index (κ1) is 23.2. The van der Waals surface area contributed by atoms with Crippen LogP contribution in [0.1, 0.15) is 16.8 Å². The highest BCUT2D eigenvalue weighted by atomic mass is 32.2. The van der Waals surface area contributed by atoms with Crippen LogP contribution in [-0.2, 0) is 25.9 Å². The fourth-order valence-corrected chi connectivity index (χ4v) is 5.25. The van der Waals surface area contributed by atoms with E-state index in [0.717, 1.165) is 0 Å². The number of ether oxygens (including phenoxy) is 2. The maximum absolute atomic E-state index is 12.5. The predicted molar refractivity (Wildman–Crippen MR) is 120 cm³/mol. The third kappa shape index (κ3) is 5.07. The van der Waals surface area contributed by atoms with Gasteiger partial charge in [0.15, 0.2) is 14.6 Å². The molecule has 3 rings (SSSR count). The Bertz CT molecular complexity index is 1380. The first-order valence-electron chi connectivity index (χ1n) is 9.38. The van der Waals surface area contributed by atoms with Crippen molar-refractivity contribution in [3.8, 4) is 18.1 Å². The topological polar surface area (TPSA) is 104 Å². The van der Waals surface area contributed by atoms with Crippen molar-refractivity contribution < 1.29 is 27.5 Å². The molecule has 0 spiro atoms. The molecule has 10 heteroatoms. The first-order chi connectivity index (χ1) is 15.3. The Morgan fingerprint density at radius 2 is 1.88 bits per heavy atom. The van der Waals surface area contributed by atoms with Crippen LogP contribution in [0.2, 0.25) is 0 Å². The van der Waals surface area contributed by atoms with E-state index in [1.54, 1.807) is 34.9 Å². The Morgan fingerprint density at radius 1 is 1.16 bits per heavy atom. The minimum atomic E-state index is -3.66. The minimum absolute atomic E-state index is 0.102. The molecule has 0 saturated carbocycles. The summed E-state index contributed by atoms with van der Waals surface area (Å²) < 4.78 is 37.2. The molecule has 166 valence electrons. The largest absolute Gasteiger partial charge is 0.497 e. The summed E-state index contributed by atoms with van der Waals surface area (Å²) >= 11 is 1.18. The quantitative estimate of drug-likeness (QED) is 0.386. The fraction of sp³-hybridized carbons (Fsp3) is 0.227. The standard InChI is InChI=1S/C22H20N2O6S2/c1-4-12-24-18-10-5-15(21(26)30-3)14-19(18)31-22(24)23-20(25)11-13-32(27,28)17-8-6-16(29-2)7-9-17/h1,5-10,14H,11-13H2,2-3H3. The van der Waals surface area contributed by atoms with Gasteiger partial charge in [0.05, 0.1) is 47.2 Å². The fourth-order valence-electron chi connectivity index (χ4n) is 2.93. The van der Waals surface area contributed by atoms with E-state index in [1.807, 2.05) is 0 Å². The van der Waals surface area contributed by atoms with Crippen LogP contribution >= 0.6 is 11.3 Å². The summed E-state index contributed by atoms with van der Waals surface area (Å²) in [5.41, 5.74) is 1.07. The summed E-state index contributed by atoms with van der Waals surface area (Å²) in [6.45, 7) is 0.161. The lowest BCUT2D eigenvalue weighted by Gasteiger charge is -2.04. The lowest BCUT2D eigenvalue weighted by atomic mass is 10.2. The molecular formula is C22H20N2O6S2. The highest BCUT2D eigenvalue weighted by Crippen LogP contribution is 2.20. The molecule has 1 heterocycles. The van der Waals surface area contributed by atoms with Crippen LogP contribution in [0.5, 0.6) is 5.75 Å². The molecule has 8 nitrogen and oxygen atoms in total. The Hall–Kier alpha value is -3.42. The van der Waals surface area contributed by atoms with Gasteiger partial charge >= 0.3 is 5.97 Å². The van der Waals surface area contributed by atoms with Crippen molar-refractivity contribution in [1.82, 2.24) is 4.57 Å². The molecule has 0 aliphatic heterocycles. The molecule has 0 aliphatic carbocycles. The molecule has 0 aliphatic rings.